The lowest BCUT2D eigenvalue weighted by atomic mass is 10.1. The Kier molecular flexibility index (Phi) is 6.98. The highest BCUT2D eigenvalue weighted by Crippen LogP contribution is 2.32. The average molecular weight is 383 g/mol. The zero-order valence-corrected chi connectivity index (χ0v) is 14.9. The molecule has 2 rings (SSSR count). The van der Waals surface area contributed by atoms with Gasteiger partial charge in [-0.05, 0) is 30.3 Å². The zero-order chi connectivity index (χ0) is 18.2. The van der Waals surface area contributed by atoms with Gasteiger partial charge in [-0.15, -0.1) is 0 Å². The third-order valence-corrected chi connectivity index (χ3v) is 3.65. The van der Waals surface area contributed by atoms with Gasteiger partial charge in [0.25, 0.3) is 0 Å². The standard InChI is InChI=1S/C18H16Cl2O5/c1-23-16-4-2-3-12(5-8-17(21)22)18(16)25-10-9-24-15-7-6-13(19)11-14(15)20/h2-8,11H,9-10H2,1H3,(H,21,22). The van der Waals surface area contributed by atoms with E-state index in [1.165, 1.54) is 13.2 Å². The summed E-state index contributed by atoms with van der Waals surface area (Å²) in [5.41, 5.74) is 0.589. The van der Waals surface area contributed by atoms with Crippen LogP contribution in [0.4, 0.5) is 0 Å². The van der Waals surface area contributed by atoms with E-state index in [9.17, 15) is 4.79 Å². The summed E-state index contributed by atoms with van der Waals surface area (Å²) in [5.74, 6) is 0.389. The molecule has 0 atom stereocenters. The molecule has 0 aliphatic carbocycles. The molecular formula is C18H16Cl2O5. The molecule has 0 saturated heterocycles. The number of carboxylic acids is 1. The minimum Gasteiger partial charge on any atom is -0.493 e. The first-order valence-corrected chi connectivity index (χ1v) is 8.05. The van der Waals surface area contributed by atoms with Gasteiger partial charge in [0.2, 0.25) is 0 Å². The summed E-state index contributed by atoms with van der Waals surface area (Å²) in [4.78, 5) is 10.7. The molecule has 0 saturated carbocycles. The SMILES string of the molecule is COc1cccc(C=CC(=O)O)c1OCCOc1ccc(Cl)cc1Cl. The molecule has 0 unspecified atom stereocenters. The van der Waals surface area contributed by atoms with Crippen molar-refractivity contribution in [3.05, 3.63) is 58.1 Å². The maximum absolute atomic E-state index is 10.7. The molecule has 2 aromatic rings. The normalized spacial score (nSPS) is 10.7. The Hall–Kier alpha value is -2.37. The lowest BCUT2D eigenvalue weighted by molar-refractivity contribution is -0.131. The van der Waals surface area contributed by atoms with Crippen molar-refractivity contribution >= 4 is 35.2 Å². The van der Waals surface area contributed by atoms with Gasteiger partial charge in [0.1, 0.15) is 19.0 Å². The van der Waals surface area contributed by atoms with E-state index in [0.717, 1.165) is 6.08 Å². The summed E-state index contributed by atoms with van der Waals surface area (Å²) < 4.78 is 16.5. The van der Waals surface area contributed by atoms with Gasteiger partial charge in [-0.1, -0.05) is 35.3 Å². The number of benzene rings is 2. The number of aliphatic carboxylic acids is 1. The van der Waals surface area contributed by atoms with Gasteiger partial charge < -0.3 is 19.3 Å². The van der Waals surface area contributed by atoms with Crippen LogP contribution in [0.5, 0.6) is 17.2 Å². The summed E-state index contributed by atoms with van der Waals surface area (Å²) in [6, 6.07) is 10.2. The van der Waals surface area contributed by atoms with Crippen LogP contribution in [0, 0.1) is 0 Å². The van der Waals surface area contributed by atoms with Crippen molar-refractivity contribution in [3.8, 4) is 17.2 Å². The van der Waals surface area contributed by atoms with Crippen molar-refractivity contribution in [2.75, 3.05) is 20.3 Å². The smallest absolute Gasteiger partial charge is 0.328 e. The molecule has 1 N–H and O–H groups in total. The molecule has 0 amide bonds. The second-order valence-electron chi connectivity index (χ2n) is 4.82. The first kappa shape index (κ1) is 19.0. The Labute approximate surface area is 155 Å². The molecule has 25 heavy (non-hydrogen) atoms. The van der Waals surface area contributed by atoms with Gasteiger partial charge >= 0.3 is 5.97 Å². The lowest BCUT2D eigenvalue weighted by Crippen LogP contribution is -2.10. The van der Waals surface area contributed by atoms with Crippen molar-refractivity contribution in [2.45, 2.75) is 0 Å². The van der Waals surface area contributed by atoms with Crippen molar-refractivity contribution in [1.82, 2.24) is 0 Å². The van der Waals surface area contributed by atoms with Crippen molar-refractivity contribution < 1.29 is 24.1 Å². The van der Waals surface area contributed by atoms with Crippen LogP contribution < -0.4 is 14.2 Å². The number of ether oxygens (including phenoxy) is 3. The number of methoxy groups -OCH3 is 1. The van der Waals surface area contributed by atoms with E-state index < -0.39 is 5.97 Å². The van der Waals surface area contributed by atoms with E-state index in [1.807, 2.05) is 0 Å². The predicted molar refractivity (Wildman–Crippen MR) is 97.1 cm³/mol. The Bertz CT molecular complexity index is 774. The molecular weight excluding hydrogens is 367 g/mol. The molecule has 2 aromatic carbocycles. The van der Waals surface area contributed by atoms with E-state index >= 15 is 0 Å². The van der Waals surface area contributed by atoms with Crippen LogP contribution in [-0.2, 0) is 4.79 Å². The first-order chi connectivity index (χ1) is 12.0. The molecule has 0 spiro atoms. The molecule has 132 valence electrons. The van der Waals surface area contributed by atoms with Crippen LogP contribution in [0.25, 0.3) is 6.08 Å². The summed E-state index contributed by atoms with van der Waals surface area (Å²) in [6.07, 6.45) is 2.47. The molecule has 0 radical (unpaired) electrons. The van der Waals surface area contributed by atoms with E-state index in [1.54, 1.807) is 36.4 Å². The Morgan fingerprint density at radius 1 is 1.12 bits per heavy atom. The number of halogens is 2. The highest BCUT2D eigenvalue weighted by Gasteiger charge is 2.09. The zero-order valence-electron chi connectivity index (χ0n) is 13.4. The van der Waals surface area contributed by atoms with E-state index in [4.69, 9.17) is 42.5 Å². The number of carboxylic acid groups (broad SMARTS) is 1. The quantitative estimate of drug-likeness (QED) is 0.535. The Morgan fingerprint density at radius 2 is 1.88 bits per heavy atom. The molecule has 7 heteroatoms. The van der Waals surface area contributed by atoms with E-state index in [2.05, 4.69) is 0 Å². The van der Waals surface area contributed by atoms with Crippen LogP contribution in [-0.4, -0.2) is 31.4 Å². The van der Waals surface area contributed by atoms with E-state index in [0.29, 0.717) is 32.9 Å². The van der Waals surface area contributed by atoms with Gasteiger partial charge in [0.15, 0.2) is 11.5 Å². The third kappa shape index (κ3) is 5.59. The highest BCUT2D eigenvalue weighted by atomic mass is 35.5. The van der Waals surface area contributed by atoms with Crippen LogP contribution in [0.1, 0.15) is 5.56 Å². The monoisotopic (exact) mass is 382 g/mol. The predicted octanol–water partition coefficient (Wildman–Crippen LogP) is 4.56. The largest absolute Gasteiger partial charge is 0.493 e. The van der Waals surface area contributed by atoms with Gasteiger partial charge in [-0.2, -0.15) is 0 Å². The fourth-order valence-electron chi connectivity index (χ4n) is 2.03. The second kappa shape index (κ2) is 9.20. The Balaban J connectivity index is 2.03. The summed E-state index contributed by atoms with van der Waals surface area (Å²) >= 11 is 11.9. The third-order valence-electron chi connectivity index (χ3n) is 3.12. The number of para-hydroxylation sites is 1. The molecule has 0 aliphatic rings. The molecule has 0 aromatic heterocycles. The molecule has 5 nitrogen and oxygen atoms in total. The fraction of sp³-hybridized carbons (Fsp3) is 0.167. The highest BCUT2D eigenvalue weighted by molar-refractivity contribution is 6.35. The number of carbonyl (C=O) groups is 1. The van der Waals surface area contributed by atoms with Crippen LogP contribution in [0.15, 0.2) is 42.5 Å². The summed E-state index contributed by atoms with van der Waals surface area (Å²) in [5, 5.41) is 9.71. The van der Waals surface area contributed by atoms with Crippen molar-refractivity contribution in [1.29, 1.82) is 0 Å². The van der Waals surface area contributed by atoms with Gasteiger partial charge in [-0.25, -0.2) is 4.79 Å². The van der Waals surface area contributed by atoms with Gasteiger partial charge in [0.05, 0.1) is 12.1 Å². The van der Waals surface area contributed by atoms with Crippen molar-refractivity contribution in [3.63, 3.8) is 0 Å². The fourth-order valence-corrected chi connectivity index (χ4v) is 2.49. The molecule has 0 fully saturated rings. The lowest BCUT2D eigenvalue weighted by Gasteiger charge is -2.14. The average Bonchev–Trinajstić information content (AvgIpc) is 2.58. The van der Waals surface area contributed by atoms with Gasteiger partial charge in [0, 0.05) is 16.7 Å². The topological polar surface area (TPSA) is 65.0 Å². The second-order valence-corrected chi connectivity index (χ2v) is 5.67. The molecule has 0 heterocycles. The molecule has 0 bridgehead atoms. The summed E-state index contributed by atoms with van der Waals surface area (Å²) in [6.45, 7) is 0.453. The van der Waals surface area contributed by atoms with E-state index in [-0.39, 0.29) is 13.2 Å². The Morgan fingerprint density at radius 3 is 2.56 bits per heavy atom. The van der Waals surface area contributed by atoms with Crippen molar-refractivity contribution in [2.24, 2.45) is 0 Å². The minimum absolute atomic E-state index is 0.216. The van der Waals surface area contributed by atoms with Crippen LogP contribution in [0.3, 0.4) is 0 Å². The van der Waals surface area contributed by atoms with Crippen LogP contribution in [0.2, 0.25) is 10.0 Å². The maximum Gasteiger partial charge on any atom is 0.328 e. The number of hydrogen-bond donors (Lipinski definition) is 1. The maximum atomic E-state index is 10.7. The minimum atomic E-state index is -1.05. The number of hydrogen-bond acceptors (Lipinski definition) is 4. The summed E-state index contributed by atoms with van der Waals surface area (Å²) in [7, 11) is 1.51. The van der Waals surface area contributed by atoms with Crippen LogP contribution >= 0.6 is 23.2 Å². The van der Waals surface area contributed by atoms with Gasteiger partial charge in [-0.3, -0.25) is 0 Å². The number of rotatable bonds is 8. The first-order valence-electron chi connectivity index (χ1n) is 7.30. The molecule has 0 aliphatic heterocycles.